The average Bonchev–Trinajstić information content (AvgIpc) is 3.11. The molecule has 0 spiro atoms. The van der Waals surface area contributed by atoms with Crippen LogP contribution in [0.2, 0.25) is 0 Å². The second kappa shape index (κ2) is 4.35. The fraction of sp³-hybridized carbons (Fsp3) is 0.188. The van der Waals surface area contributed by atoms with Crippen molar-refractivity contribution >= 4 is 10.9 Å². The first-order valence-electron chi connectivity index (χ1n) is 6.77. The van der Waals surface area contributed by atoms with E-state index in [4.69, 9.17) is 10.5 Å². The lowest BCUT2D eigenvalue weighted by molar-refractivity contribution is 0.242. The van der Waals surface area contributed by atoms with Crippen LogP contribution in [0.1, 0.15) is 5.56 Å². The minimum absolute atomic E-state index is 0.101. The first kappa shape index (κ1) is 11.5. The predicted octanol–water partition coefficient (Wildman–Crippen LogP) is 2.49. The van der Waals surface area contributed by atoms with Gasteiger partial charge in [0.05, 0.1) is 11.7 Å². The summed E-state index contributed by atoms with van der Waals surface area (Å²) in [6.07, 6.45) is 2.84. The summed E-state index contributed by atoms with van der Waals surface area (Å²) in [7, 11) is 0. The minimum atomic E-state index is 0.101. The van der Waals surface area contributed by atoms with E-state index in [1.165, 1.54) is 5.56 Å². The van der Waals surface area contributed by atoms with Gasteiger partial charge in [0.25, 0.3) is 0 Å². The van der Waals surface area contributed by atoms with Crippen LogP contribution in [0, 0.1) is 0 Å². The Hall–Kier alpha value is -2.33. The standard InChI is InChI=1S/C16H15N3O/c17-8-13-7-11-2-1-3-14(16(11)20-13)10-4-5-15-12(6-10)9-18-19-15/h1-6,9,13H,7-8,17H2,(H,18,19)/t13-/m0/s1. The summed E-state index contributed by atoms with van der Waals surface area (Å²) in [6.45, 7) is 0.550. The molecule has 0 bridgehead atoms. The number of fused-ring (bicyclic) bond motifs is 2. The molecular formula is C16H15N3O. The summed E-state index contributed by atoms with van der Waals surface area (Å²) >= 11 is 0. The first-order chi connectivity index (χ1) is 9.85. The van der Waals surface area contributed by atoms with Crippen LogP contribution in [-0.2, 0) is 6.42 Å². The van der Waals surface area contributed by atoms with Crippen molar-refractivity contribution in [1.29, 1.82) is 0 Å². The second-order valence-corrected chi connectivity index (χ2v) is 5.15. The topological polar surface area (TPSA) is 63.9 Å². The lowest BCUT2D eigenvalue weighted by Gasteiger charge is -2.11. The van der Waals surface area contributed by atoms with Gasteiger partial charge in [-0.15, -0.1) is 0 Å². The Labute approximate surface area is 116 Å². The van der Waals surface area contributed by atoms with Gasteiger partial charge in [-0.3, -0.25) is 5.10 Å². The number of H-pyrrole nitrogens is 1. The van der Waals surface area contributed by atoms with E-state index in [1.54, 1.807) is 0 Å². The highest BCUT2D eigenvalue weighted by Gasteiger charge is 2.24. The molecule has 0 aliphatic carbocycles. The van der Waals surface area contributed by atoms with Gasteiger partial charge in [-0.25, -0.2) is 0 Å². The number of nitrogens with two attached hydrogens (primary N) is 1. The highest BCUT2D eigenvalue weighted by atomic mass is 16.5. The van der Waals surface area contributed by atoms with Crippen LogP contribution in [-0.4, -0.2) is 22.8 Å². The van der Waals surface area contributed by atoms with E-state index in [0.717, 1.165) is 34.2 Å². The maximum Gasteiger partial charge on any atom is 0.130 e. The van der Waals surface area contributed by atoms with E-state index >= 15 is 0 Å². The maximum atomic E-state index is 5.99. The molecule has 0 radical (unpaired) electrons. The molecule has 0 fully saturated rings. The zero-order chi connectivity index (χ0) is 13.5. The minimum Gasteiger partial charge on any atom is -0.488 e. The van der Waals surface area contributed by atoms with E-state index in [0.29, 0.717) is 6.54 Å². The highest BCUT2D eigenvalue weighted by molar-refractivity contribution is 5.85. The SMILES string of the molecule is NC[C@@H]1Cc2cccc(-c3ccc4[nH]ncc4c3)c2O1. The largest absolute Gasteiger partial charge is 0.488 e. The Morgan fingerprint density at radius 3 is 3.15 bits per heavy atom. The Morgan fingerprint density at radius 2 is 2.25 bits per heavy atom. The van der Waals surface area contributed by atoms with E-state index in [-0.39, 0.29) is 6.10 Å². The highest BCUT2D eigenvalue weighted by Crippen LogP contribution is 2.39. The number of aromatic amines is 1. The number of hydrogen-bond donors (Lipinski definition) is 2. The summed E-state index contributed by atoms with van der Waals surface area (Å²) in [6, 6.07) is 12.6. The normalized spacial score (nSPS) is 17.1. The molecule has 0 saturated carbocycles. The molecule has 0 saturated heterocycles. The molecule has 20 heavy (non-hydrogen) atoms. The molecule has 1 atom stereocenters. The van der Waals surface area contributed by atoms with Crippen molar-refractivity contribution in [3.63, 3.8) is 0 Å². The van der Waals surface area contributed by atoms with Crippen molar-refractivity contribution in [2.75, 3.05) is 6.54 Å². The summed E-state index contributed by atoms with van der Waals surface area (Å²) < 4.78 is 5.99. The van der Waals surface area contributed by atoms with Crippen molar-refractivity contribution in [3.8, 4) is 16.9 Å². The third-order valence-corrected chi connectivity index (χ3v) is 3.84. The van der Waals surface area contributed by atoms with Crippen molar-refractivity contribution in [3.05, 3.63) is 48.2 Å². The molecule has 2 heterocycles. The number of aromatic nitrogens is 2. The first-order valence-corrected chi connectivity index (χ1v) is 6.77. The molecule has 4 heteroatoms. The fourth-order valence-electron chi connectivity index (χ4n) is 2.81. The van der Waals surface area contributed by atoms with Crippen LogP contribution in [0.4, 0.5) is 0 Å². The molecule has 1 aliphatic heterocycles. The van der Waals surface area contributed by atoms with Crippen molar-refractivity contribution in [1.82, 2.24) is 10.2 Å². The zero-order valence-corrected chi connectivity index (χ0v) is 11.0. The molecular weight excluding hydrogens is 250 g/mol. The summed E-state index contributed by atoms with van der Waals surface area (Å²) in [5.41, 5.74) is 10.3. The van der Waals surface area contributed by atoms with Gasteiger partial charge in [0, 0.05) is 23.9 Å². The van der Waals surface area contributed by atoms with Crippen LogP contribution in [0.15, 0.2) is 42.6 Å². The lowest BCUT2D eigenvalue weighted by atomic mass is 10.00. The molecule has 0 amide bonds. The van der Waals surface area contributed by atoms with E-state index in [9.17, 15) is 0 Å². The number of ether oxygens (including phenoxy) is 1. The van der Waals surface area contributed by atoms with E-state index < -0.39 is 0 Å². The van der Waals surface area contributed by atoms with Gasteiger partial charge in [0.2, 0.25) is 0 Å². The Bertz CT molecular complexity index is 778. The molecule has 4 nitrogen and oxygen atoms in total. The van der Waals surface area contributed by atoms with E-state index in [2.05, 4.69) is 40.5 Å². The average molecular weight is 265 g/mol. The number of nitrogens with zero attached hydrogens (tertiary/aromatic N) is 1. The van der Waals surface area contributed by atoms with Crippen molar-refractivity contribution < 1.29 is 4.74 Å². The van der Waals surface area contributed by atoms with E-state index in [1.807, 2.05) is 12.3 Å². The lowest BCUT2D eigenvalue weighted by Crippen LogP contribution is -2.24. The smallest absolute Gasteiger partial charge is 0.130 e. The summed E-state index contributed by atoms with van der Waals surface area (Å²) in [5.74, 6) is 0.978. The van der Waals surface area contributed by atoms with Crippen LogP contribution >= 0.6 is 0 Å². The molecule has 3 N–H and O–H groups in total. The van der Waals surface area contributed by atoms with Crippen molar-refractivity contribution in [2.24, 2.45) is 5.73 Å². The van der Waals surface area contributed by atoms with Gasteiger partial charge in [0.1, 0.15) is 11.9 Å². The van der Waals surface area contributed by atoms with Gasteiger partial charge in [-0.1, -0.05) is 24.3 Å². The fourth-order valence-corrected chi connectivity index (χ4v) is 2.81. The number of rotatable bonds is 2. The quantitative estimate of drug-likeness (QED) is 0.748. The molecule has 0 unspecified atom stereocenters. The van der Waals surface area contributed by atoms with Crippen LogP contribution in [0.25, 0.3) is 22.0 Å². The second-order valence-electron chi connectivity index (χ2n) is 5.15. The number of nitrogens with one attached hydrogen (secondary N) is 1. The maximum absolute atomic E-state index is 5.99. The van der Waals surface area contributed by atoms with Gasteiger partial charge in [0.15, 0.2) is 0 Å². The Kier molecular flexibility index (Phi) is 2.50. The molecule has 2 aromatic carbocycles. The Balaban J connectivity index is 1.85. The number of para-hydroxylation sites is 1. The molecule has 3 aromatic rings. The molecule has 1 aliphatic rings. The molecule has 4 rings (SSSR count). The van der Waals surface area contributed by atoms with Gasteiger partial charge in [-0.05, 0) is 23.3 Å². The summed E-state index contributed by atoms with van der Waals surface area (Å²) in [5, 5.41) is 8.14. The van der Waals surface area contributed by atoms with Crippen LogP contribution in [0.5, 0.6) is 5.75 Å². The van der Waals surface area contributed by atoms with Crippen molar-refractivity contribution in [2.45, 2.75) is 12.5 Å². The zero-order valence-electron chi connectivity index (χ0n) is 11.0. The molecule has 100 valence electrons. The monoisotopic (exact) mass is 265 g/mol. The summed E-state index contributed by atoms with van der Waals surface area (Å²) in [4.78, 5) is 0. The predicted molar refractivity (Wildman–Crippen MR) is 78.7 cm³/mol. The van der Waals surface area contributed by atoms with Crippen LogP contribution in [0.3, 0.4) is 0 Å². The van der Waals surface area contributed by atoms with Gasteiger partial charge in [-0.2, -0.15) is 5.10 Å². The van der Waals surface area contributed by atoms with Crippen LogP contribution < -0.4 is 10.5 Å². The Morgan fingerprint density at radius 1 is 1.30 bits per heavy atom. The number of hydrogen-bond acceptors (Lipinski definition) is 3. The van der Waals surface area contributed by atoms with Gasteiger partial charge >= 0.3 is 0 Å². The number of benzene rings is 2. The third kappa shape index (κ3) is 1.69. The van der Waals surface area contributed by atoms with Gasteiger partial charge < -0.3 is 10.5 Å². The molecule has 1 aromatic heterocycles. The third-order valence-electron chi connectivity index (χ3n) is 3.84.